The molecule has 4 rings (SSSR count). The van der Waals surface area contributed by atoms with Crippen LogP contribution in [0.15, 0.2) is 47.3 Å². The summed E-state index contributed by atoms with van der Waals surface area (Å²) in [5.41, 5.74) is 0.587. The Hall–Kier alpha value is -3.09. The SMILES string of the molecule is COc1cccc2cc(C(=O)N3CCCC(Oc4ccncn4)C3)oc12. The molecule has 26 heavy (non-hydrogen) atoms. The third kappa shape index (κ3) is 3.20. The van der Waals surface area contributed by atoms with Crippen LogP contribution in [-0.4, -0.2) is 47.1 Å². The number of carbonyl (C=O) groups excluding carboxylic acids is 1. The predicted molar refractivity (Wildman–Crippen MR) is 94.4 cm³/mol. The van der Waals surface area contributed by atoms with Crippen molar-refractivity contribution in [2.45, 2.75) is 18.9 Å². The number of para-hydroxylation sites is 1. The Morgan fingerprint density at radius 1 is 1.35 bits per heavy atom. The Bertz CT molecular complexity index is 910. The van der Waals surface area contributed by atoms with Gasteiger partial charge in [-0.05, 0) is 25.0 Å². The van der Waals surface area contributed by atoms with Crippen molar-refractivity contribution in [1.82, 2.24) is 14.9 Å². The van der Waals surface area contributed by atoms with Crippen molar-refractivity contribution in [2.75, 3.05) is 20.2 Å². The zero-order chi connectivity index (χ0) is 17.9. The molecule has 7 nitrogen and oxygen atoms in total. The molecule has 3 aromatic rings. The summed E-state index contributed by atoms with van der Waals surface area (Å²) < 4.78 is 17.0. The molecule has 1 fully saturated rings. The number of benzene rings is 1. The number of ether oxygens (including phenoxy) is 2. The molecule has 3 heterocycles. The van der Waals surface area contributed by atoms with Crippen LogP contribution < -0.4 is 9.47 Å². The Labute approximate surface area is 150 Å². The fourth-order valence-corrected chi connectivity index (χ4v) is 3.20. The van der Waals surface area contributed by atoms with Gasteiger partial charge < -0.3 is 18.8 Å². The summed E-state index contributed by atoms with van der Waals surface area (Å²) in [6.45, 7) is 1.17. The summed E-state index contributed by atoms with van der Waals surface area (Å²) >= 11 is 0. The minimum atomic E-state index is -0.140. The molecule has 1 unspecified atom stereocenters. The number of carbonyl (C=O) groups is 1. The lowest BCUT2D eigenvalue weighted by atomic mass is 10.1. The second-order valence-corrected chi connectivity index (χ2v) is 6.17. The van der Waals surface area contributed by atoms with Gasteiger partial charge in [0.15, 0.2) is 17.1 Å². The monoisotopic (exact) mass is 353 g/mol. The third-order valence-corrected chi connectivity index (χ3v) is 4.45. The predicted octanol–water partition coefficient (Wildman–Crippen LogP) is 2.92. The molecular weight excluding hydrogens is 334 g/mol. The van der Waals surface area contributed by atoms with E-state index in [0.29, 0.717) is 36.1 Å². The molecule has 1 saturated heterocycles. The standard InChI is InChI=1S/C19H19N3O4/c1-24-15-6-2-4-13-10-16(26-18(13)15)19(23)22-9-3-5-14(11-22)25-17-7-8-20-12-21-17/h2,4,6-8,10,12,14H,3,5,9,11H2,1H3. The first-order chi connectivity index (χ1) is 12.7. The maximum Gasteiger partial charge on any atom is 0.289 e. The van der Waals surface area contributed by atoms with E-state index in [1.165, 1.54) is 6.33 Å². The zero-order valence-corrected chi connectivity index (χ0v) is 14.4. The topological polar surface area (TPSA) is 77.7 Å². The van der Waals surface area contributed by atoms with Gasteiger partial charge >= 0.3 is 0 Å². The van der Waals surface area contributed by atoms with Gasteiger partial charge in [0.05, 0.1) is 13.7 Å². The summed E-state index contributed by atoms with van der Waals surface area (Å²) in [5, 5.41) is 0.846. The van der Waals surface area contributed by atoms with Gasteiger partial charge in [0.2, 0.25) is 5.88 Å². The first kappa shape index (κ1) is 16.4. The van der Waals surface area contributed by atoms with Gasteiger partial charge in [-0.2, -0.15) is 0 Å². The molecule has 1 atom stereocenters. The highest BCUT2D eigenvalue weighted by molar-refractivity contribution is 5.97. The quantitative estimate of drug-likeness (QED) is 0.718. The average molecular weight is 353 g/mol. The molecule has 0 bridgehead atoms. The summed E-state index contributed by atoms with van der Waals surface area (Å²) in [6.07, 6.45) is 4.73. The number of hydrogen-bond donors (Lipinski definition) is 0. The fraction of sp³-hybridized carbons (Fsp3) is 0.316. The Morgan fingerprint density at radius 3 is 3.08 bits per heavy atom. The number of amides is 1. The molecule has 0 spiro atoms. The van der Waals surface area contributed by atoms with Crippen molar-refractivity contribution >= 4 is 16.9 Å². The fourth-order valence-electron chi connectivity index (χ4n) is 3.20. The van der Waals surface area contributed by atoms with Gasteiger partial charge in [-0.15, -0.1) is 0 Å². The number of piperidine rings is 1. The summed E-state index contributed by atoms with van der Waals surface area (Å²) in [7, 11) is 1.58. The van der Waals surface area contributed by atoms with Gasteiger partial charge in [-0.1, -0.05) is 12.1 Å². The first-order valence-corrected chi connectivity index (χ1v) is 8.53. The van der Waals surface area contributed by atoms with Crippen LogP contribution in [0.25, 0.3) is 11.0 Å². The summed E-state index contributed by atoms with van der Waals surface area (Å²) in [4.78, 5) is 22.6. The molecule has 1 aromatic carbocycles. The number of aromatic nitrogens is 2. The second kappa shape index (κ2) is 7.03. The largest absolute Gasteiger partial charge is 0.493 e. The van der Waals surface area contributed by atoms with E-state index in [1.54, 1.807) is 30.3 Å². The first-order valence-electron chi connectivity index (χ1n) is 8.53. The number of hydrogen-bond acceptors (Lipinski definition) is 6. The highest BCUT2D eigenvalue weighted by Gasteiger charge is 2.28. The van der Waals surface area contributed by atoms with Crippen LogP contribution >= 0.6 is 0 Å². The highest BCUT2D eigenvalue weighted by atomic mass is 16.5. The molecule has 7 heteroatoms. The van der Waals surface area contributed by atoms with E-state index in [9.17, 15) is 4.79 Å². The number of fused-ring (bicyclic) bond motifs is 1. The molecule has 1 aliphatic rings. The minimum Gasteiger partial charge on any atom is -0.493 e. The van der Waals surface area contributed by atoms with E-state index >= 15 is 0 Å². The van der Waals surface area contributed by atoms with Crippen molar-refractivity contribution in [3.63, 3.8) is 0 Å². The molecule has 1 amide bonds. The molecule has 0 aliphatic carbocycles. The molecule has 2 aromatic heterocycles. The Balaban J connectivity index is 1.50. The molecule has 134 valence electrons. The highest BCUT2D eigenvalue weighted by Crippen LogP contribution is 2.29. The van der Waals surface area contributed by atoms with Crippen LogP contribution in [-0.2, 0) is 0 Å². The Kier molecular flexibility index (Phi) is 4.43. The second-order valence-electron chi connectivity index (χ2n) is 6.17. The van der Waals surface area contributed by atoms with Gasteiger partial charge in [0.1, 0.15) is 12.4 Å². The smallest absolute Gasteiger partial charge is 0.289 e. The van der Waals surface area contributed by atoms with Crippen molar-refractivity contribution in [2.24, 2.45) is 0 Å². The van der Waals surface area contributed by atoms with Crippen molar-refractivity contribution < 1.29 is 18.7 Å². The number of likely N-dealkylation sites (tertiary alicyclic amines) is 1. The summed E-state index contributed by atoms with van der Waals surface area (Å²) in [5.74, 6) is 1.31. The van der Waals surface area contributed by atoms with Gasteiger partial charge in [-0.25, -0.2) is 9.97 Å². The molecular formula is C19H19N3O4. The van der Waals surface area contributed by atoms with E-state index in [4.69, 9.17) is 13.9 Å². The molecule has 1 aliphatic heterocycles. The van der Waals surface area contributed by atoms with E-state index in [1.807, 2.05) is 18.2 Å². The maximum absolute atomic E-state index is 12.9. The van der Waals surface area contributed by atoms with E-state index in [2.05, 4.69) is 9.97 Å². The zero-order valence-electron chi connectivity index (χ0n) is 14.4. The number of methoxy groups -OCH3 is 1. The number of rotatable bonds is 4. The van der Waals surface area contributed by atoms with Crippen LogP contribution in [0.5, 0.6) is 11.6 Å². The van der Waals surface area contributed by atoms with E-state index in [0.717, 1.165) is 18.2 Å². The maximum atomic E-state index is 12.9. The molecule has 0 saturated carbocycles. The van der Waals surface area contributed by atoms with Gasteiger partial charge in [-0.3, -0.25) is 4.79 Å². The third-order valence-electron chi connectivity index (χ3n) is 4.45. The normalized spacial score (nSPS) is 17.3. The lowest BCUT2D eigenvalue weighted by molar-refractivity contribution is 0.0502. The van der Waals surface area contributed by atoms with Crippen molar-refractivity contribution in [3.05, 3.63) is 48.6 Å². The van der Waals surface area contributed by atoms with Crippen LogP contribution in [0.2, 0.25) is 0 Å². The van der Waals surface area contributed by atoms with Crippen LogP contribution in [0.3, 0.4) is 0 Å². The molecule has 0 radical (unpaired) electrons. The van der Waals surface area contributed by atoms with Crippen molar-refractivity contribution in [3.8, 4) is 11.6 Å². The van der Waals surface area contributed by atoms with Crippen LogP contribution in [0.1, 0.15) is 23.4 Å². The van der Waals surface area contributed by atoms with Crippen LogP contribution in [0, 0.1) is 0 Å². The van der Waals surface area contributed by atoms with E-state index < -0.39 is 0 Å². The molecule has 0 N–H and O–H groups in total. The van der Waals surface area contributed by atoms with Gasteiger partial charge in [0.25, 0.3) is 5.91 Å². The van der Waals surface area contributed by atoms with E-state index in [-0.39, 0.29) is 12.0 Å². The van der Waals surface area contributed by atoms with Crippen LogP contribution in [0.4, 0.5) is 0 Å². The number of nitrogens with zero attached hydrogens (tertiary/aromatic N) is 3. The van der Waals surface area contributed by atoms with Gasteiger partial charge in [0, 0.05) is 24.2 Å². The minimum absolute atomic E-state index is 0.0958. The van der Waals surface area contributed by atoms with Crippen molar-refractivity contribution in [1.29, 1.82) is 0 Å². The number of furan rings is 1. The Morgan fingerprint density at radius 2 is 2.27 bits per heavy atom. The lowest BCUT2D eigenvalue weighted by Crippen LogP contribution is -2.44. The lowest BCUT2D eigenvalue weighted by Gasteiger charge is -2.32. The average Bonchev–Trinajstić information content (AvgIpc) is 3.12. The summed E-state index contributed by atoms with van der Waals surface area (Å²) in [6, 6.07) is 9.06.